The van der Waals surface area contributed by atoms with Gasteiger partial charge in [0.25, 0.3) is 0 Å². The molecule has 3 heterocycles. The van der Waals surface area contributed by atoms with Gasteiger partial charge in [-0.2, -0.15) is 0 Å². The van der Waals surface area contributed by atoms with E-state index in [1.54, 1.807) is 42.2 Å². The third-order valence-electron chi connectivity index (χ3n) is 2.90. The van der Waals surface area contributed by atoms with Crippen LogP contribution < -0.4 is 5.32 Å². The third kappa shape index (κ3) is 3.70. The quantitative estimate of drug-likeness (QED) is 0.783. The maximum absolute atomic E-state index is 11.8. The second-order valence-electron chi connectivity index (χ2n) is 4.50. The molecule has 6 nitrogen and oxygen atoms in total. The van der Waals surface area contributed by atoms with Gasteiger partial charge in [0.05, 0.1) is 5.69 Å². The summed E-state index contributed by atoms with van der Waals surface area (Å²) in [6.07, 6.45) is 7.58. The summed E-state index contributed by atoms with van der Waals surface area (Å²) < 4.78 is 0. The number of carbonyl (C=O) groups excluding carboxylic acids is 1. The van der Waals surface area contributed by atoms with E-state index in [1.165, 1.54) is 0 Å². The van der Waals surface area contributed by atoms with E-state index in [0.29, 0.717) is 18.8 Å². The maximum Gasteiger partial charge on any atom is 0.229 e. The number of thiazole rings is 1. The molecule has 3 rings (SSSR count). The number of rotatable bonds is 5. The summed E-state index contributed by atoms with van der Waals surface area (Å²) in [6.45, 7) is 0. The molecule has 3 aromatic heterocycles. The molecule has 0 aliphatic carbocycles. The molecule has 0 aromatic carbocycles. The molecule has 0 radical (unpaired) electrons. The molecule has 1 amide bonds. The predicted molar refractivity (Wildman–Crippen MR) is 84.3 cm³/mol. The van der Waals surface area contributed by atoms with Gasteiger partial charge in [0.1, 0.15) is 5.01 Å². The highest BCUT2D eigenvalue weighted by molar-refractivity contribution is 7.13. The molecule has 0 unspecified atom stereocenters. The third-order valence-corrected chi connectivity index (χ3v) is 3.84. The molecule has 0 aliphatic rings. The van der Waals surface area contributed by atoms with Crippen molar-refractivity contribution < 1.29 is 4.79 Å². The summed E-state index contributed by atoms with van der Waals surface area (Å²) in [6, 6.07) is 5.54. The number of hydrogen-bond donors (Lipinski definition) is 1. The van der Waals surface area contributed by atoms with Gasteiger partial charge in [-0.15, -0.1) is 11.3 Å². The molecule has 0 bridgehead atoms. The minimum atomic E-state index is -0.121. The smallest absolute Gasteiger partial charge is 0.229 e. The van der Waals surface area contributed by atoms with E-state index in [9.17, 15) is 4.79 Å². The molecular weight excluding hydrogens is 298 g/mol. The van der Waals surface area contributed by atoms with E-state index in [2.05, 4.69) is 25.3 Å². The van der Waals surface area contributed by atoms with Gasteiger partial charge in [0.2, 0.25) is 11.9 Å². The molecule has 3 aromatic rings. The molecule has 0 aliphatic heterocycles. The number of nitrogens with one attached hydrogen (secondary N) is 1. The van der Waals surface area contributed by atoms with Gasteiger partial charge in [-0.05, 0) is 24.6 Å². The molecule has 0 saturated heterocycles. The van der Waals surface area contributed by atoms with Crippen molar-refractivity contribution in [2.75, 3.05) is 5.32 Å². The van der Waals surface area contributed by atoms with Gasteiger partial charge in [-0.25, -0.2) is 15.0 Å². The van der Waals surface area contributed by atoms with Crippen molar-refractivity contribution in [2.45, 2.75) is 12.8 Å². The van der Waals surface area contributed by atoms with Gasteiger partial charge in [-0.1, -0.05) is 0 Å². The lowest BCUT2D eigenvalue weighted by Crippen LogP contribution is -2.14. The zero-order chi connectivity index (χ0) is 15.2. The number of aromatic nitrogens is 4. The van der Waals surface area contributed by atoms with Crippen molar-refractivity contribution in [2.24, 2.45) is 0 Å². The van der Waals surface area contributed by atoms with Crippen LogP contribution in [0.1, 0.15) is 12.1 Å². The molecule has 0 spiro atoms. The van der Waals surface area contributed by atoms with Crippen molar-refractivity contribution in [3.63, 3.8) is 0 Å². The monoisotopic (exact) mass is 311 g/mol. The minimum Gasteiger partial charge on any atom is -0.295 e. The number of anilines is 1. The summed E-state index contributed by atoms with van der Waals surface area (Å²) in [5.74, 6) is 0.202. The van der Waals surface area contributed by atoms with Crippen LogP contribution in [-0.4, -0.2) is 25.8 Å². The fourth-order valence-corrected chi connectivity index (χ4v) is 2.70. The van der Waals surface area contributed by atoms with E-state index in [-0.39, 0.29) is 5.91 Å². The molecule has 7 heteroatoms. The van der Waals surface area contributed by atoms with E-state index in [1.807, 2.05) is 17.5 Å². The summed E-state index contributed by atoms with van der Waals surface area (Å²) >= 11 is 1.56. The van der Waals surface area contributed by atoms with Gasteiger partial charge < -0.3 is 0 Å². The summed E-state index contributed by atoms with van der Waals surface area (Å²) in [5, 5.41) is 5.57. The second-order valence-corrected chi connectivity index (χ2v) is 5.36. The lowest BCUT2D eigenvalue weighted by atomic mass is 10.2. The van der Waals surface area contributed by atoms with Crippen LogP contribution in [0.4, 0.5) is 5.95 Å². The van der Waals surface area contributed by atoms with Crippen LogP contribution in [0.15, 0.2) is 48.4 Å². The zero-order valence-corrected chi connectivity index (χ0v) is 12.5. The van der Waals surface area contributed by atoms with Crippen LogP contribution in [0.2, 0.25) is 0 Å². The molecule has 0 atom stereocenters. The normalized spacial score (nSPS) is 10.4. The Morgan fingerprint density at radius 1 is 1.14 bits per heavy atom. The van der Waals surface area contributed by atoms with Crippen molar-refractivity contribution in [3.8, 4) is 10.6 Å². The lowest BCUT2D eigenvalue weighted by Gasteiger charge is -2.01. The number of hydrogen-bond acceptors (Lipinski definition) is 6. The Labute approximate surface area is 131 Å². The van der Waals surface area contributed by atoms with Crippen molar-refractivity contribution in [1.82, 2.24) is 19.9 Å². The molecule has 110 valence electrons. The van der Waals surface area contributed by atoms with Gasteiger partial charge in [0, 0.05) is 42.2 Å². The summed E-state index contributed by atoms with van der Waals surface area (Å²) in [5.41, 5.74) is 1.94. The van der Waals surface area contributed by atoms with E-state index >= 15 is 0 Å². The van der Waals surface area contributed by atoms with Crippen molar-refractivity contribution in [3.05, 3.63) is 54.1 Å². The number of nitrogens with zero attached hydrogens (tertiary/aromatic N) is 4. The molecule has 0 fully saturated rings. The first-order chi connectivity index (χ1) is 10.8. The Morgan fingerprint density at radius 3 is 2.68 bits per heavy atom. The predicted octanol–water partition coefficient (Wildman–Crippen LogP) is 2.57. The molecule has 22 heavy (non-hydrogen) atoms. The van der Waals surface area contributed by atoms with Crippen molar-refractivity contribution in [1.29, 1.82) is 0 Å². The molecular formula is C15H13N5OS. The topological polar surface area (TPSA) is 80.7 Å². The van der Waals surface area contributed by atoms with Crippen LogP contribution in [0.3, 0.4) is 0 Å². The Kier molecular flexibility index (Phi) is 4.45. The maximum atomic E-state index is 11.8. The number of amides is 1. The molecule has 1 N–H and O–H groups in total. The van der Waals surface area contributed by atoms with E-state index in [0.717, 1.165) is 16.3 Å². The Morgan fingerprint density at radius 2 is 1.91 bits per heavy atom. The fraction of sp³-hybridized carbons (Fsp3) is 0.133. The van der Waals surface area contributed by atoms with Gasteiger partial charge in [0.15, 0.2) is 0 Å². The average Bonchev–Trinajstić information content (AvgIpc) is 3.04. The van der Waals surface area contributed by atoms with Gasteiger partial charge in [-0.3, -0.25) is 15.1 Å². The van der Waals surface area contributed by atoms with Crippen LogP contribution in [0.25, 0.3) is 10.6 Å². The van der Waals surface area contributed by atoms with Crippen LogP contribution in [0.5, 0.6) is 0 Å². The summed E-state index contributed by atoms with van der Waals surface area (Å²) in [7, 11) is 0. The van der Waals surface area contributed by atoms with Crippen LogP contribution >= 0.6 is 11.3 Å². The second kappa shape index (κ2) is 6.86. The first kappa shape index (κ1) is 14.3. The Bertz CT molecular complexity index is 745. The first-order valence-electron chi connectivity index (χ1n) is 6.73. The zero-order valence-electron chi connectivity index (χ0n) is 11.6. The number of pyridine rings is 1. The lowest BCUT2D eigenvalue weighted by molar-refractivity contribution is -0.116. The minimum absolute atomic E-state index is 0.121. The number of aryl methyl sites for hydroxylation is 1. The Hall–Kier alpha value is -2.67. The Balaban J connectivity index is 1.56. The fourth-order valence-electron chi connectivity index (χ4n) is 1.84. The standard InChI is InChI=1S/C15H13N5OS/c21-13(20-15-17-6-1-7-18-15)3-2-12-10-22-14(19-12)11-4-8-16-9-5-11/h1,4-10H,2-3H2,(H,17,18,20,21). The first-order valence-corrected chi connectivity index (χ1v) is 7.61. The van der Waals surface area contributed by atoms with Gasteiger partial charge >= 0.3 is 0 Å². The van der Waals surface area contributed by atoms with Crippen LogP contribution in [0, 0.1) is 0 Å². The highest BCUT2D eigenvalue weighted by Crippen LogP contribution is 2.23. The highest BCUT2D eigenvalue weighted by atomic mass is 32.1. The van der Waals surface area contributed by atoms with E-state index < -0.39 is 0 Å². The summed E-state index contributed by atoms with van der Waals surface area (Å²) in [4.78, 5) is 28.3. The molecule has 0 saturated carbocycles. The van der Waals surface area contributed by atoms with Crippen molar-refractivity contribution >= 4 is 23.2 Å². The van der Waals surface area contributed by atoms with E-state index in [4.69, 9.17) is 0 Å². The highest BCUT2D eigenvalue weighted by Gasteiger charge is 2.08. The number of carbonyl (C=O) groups is 1. The van der Waals surface area contributed by atoms with Crippen LogP contribution in [-0.2, 0) is 11.2 Å². The largest absolute Gasteiger partial charge is 0.295 e. The SMILES string of the molecule is O=C(CCc1csc(-c2ccncc2)n1)Nc1ncccn1. The average molecular weight is 311 g/mol.